The van der Waals surface area contributed by atoms with Crippen LogP contribution in [-0.2, 0) is 16.6 Å². The molecular formula is C22H24N6O5S2. The first-order valence-electron chi connectivity index (χ1n) is 10.9. The number of hydrogen-bond donors (Lipinski definition) is 2. The summed E-state index contributed by atoms with van der Waals surface area (Å²) in [4.78, 5) is 14.0. The predicted octanol–water partition coefficient (Wildman–Crippen LogP) is 3.27. The van der Waals surface area contributed by atoms with Gasteiger partial charge in [-0.1, -0.05) is 11.8 Å². The number of aryl methyl sites for hydroxylation is 1. The molecule has 0 atom stereocenters. The van der Waals surface area contributed by atoms with Crippen molar-refractivity contribution in [3.8, 4) is 22.8 Å². The van der Waals surface area contributed by atoms with Gasteiger partial charge in [-0.3, -0.25) is 0 Å². The standard InChI is InChI=1S/C22H24N6O5S2/c1-13(2)35(29,30)26-6-4-7-28-21-19(20(23)24-11-25-21)27-22(28)34-18-10-17-16(32-12-33-17)9-14(18)15-5-3-8-31-15/h3,5,8-11,13,26H,4,6-7,12H2,1-2H3,(H2,23,24,25). The number of hydrogen-bond acceptors (Lipinski definition) is 10. The maximum Gasteiger partial charge on any atom is 0.231 e. The monoisotopic (exact) mass is 516 g/mol. The van der Waals surface area contributed by atoms with Crippen LogP contribution in [0.1, 0.15) is 20.3 Å². The van der Waals surface area contributed by atoms with Crippen molar-refractivity contribution >= 4 is 38.8 Å². The molecule has 1 aliphatic rings. The average molecular weight is 517 g/mol. The van der Waals surface area contributed by atoms with E-state index in [4.69, 9.17) is 24.6 Å². The van der Waals surface area contributed by atoms with Crippen molar-refractivity contribution in [2.75, 3.05) is 19.1 Å². The van der Waals surface area contributed by atoms with E-state index in [1.807, 2.05) is 28.8 Å². The lowest BCUT2D eigenvalue weighted by Gasteiger charge is -2.12. The summed E-state index contributed by atoms with van der Waals surface area (Å²) in [6.07, 6.45) is 3.53. The maximum absolute atomic E-state index is 12.1. The number of imidazole rings is 1. The molecule has 0 bridgehead atoms. The summed E-state index contributed by atoms with van der Waals surface area (Å²) in [5, 5.41) is 0.131. The van der Waals surface area contributed by atoms with E-state index < -0.39 is 15.3 Å². The molecule has 11 nitrogen and oxygen atoms in total. The van der Waals surface area contributed by atoms with Crippen LogP contribution in [0.5, 0.6) is 11.5 Å². The van der Waals surface area contributed by atoms with Crippen LogP contribution in [0, 0.1) is 0 Å². The molecule has 4 heterocycles. The summed E-state index contributed by atoms with van der Waals surface area (Å²) in [5.74, 6) is 2.22. The highest BCUT2D eigenvalue weighted by molar-refractivity contribution is 7.99. The highest BCUT2D eigenvalue weighted by Crippen LogP contribution is 2.45. The summed E-state index contributed by atoms with van der Waals surface area (Å²) >= 11 is 1.40. The fourth-order valence-electron chi connectivity index (χ4n) is 3.56. The van der Waals surface area contributed by atoms with Crippen molar-refractivity contribution in [1.29, 1.82) is 0 Å². The van der Waals surface area contributed by atoms with E-state index in [-0.39, 0.29) is 19.2 Å². The van der Waals surface area contributed by atoms with Gasteiger partial charge in [0.1, 0.15) is 12.1 Å². The number of aromatic nitrogens is 4. The van der Waals surface area contributed by atoms with Crippen molar-refractivity contribution < 1.29 is 22.3 Å². The van der Waals surface area contributed by atoms with Gasteiger partial charge in [0.15, 0.2) is 33.6 Å². The van der Waals surface area contributed by atoms with E-state index >= 15 is 0 Å². The van der Waals surface area contributed by atoms with Gasteiger partial charge in [0.25, 0.3) is 0 Å². The van der Waals surface area contributed by atoms with Crippen LogP contribution in [0.3, 0.4) is 0 Å². The van der Waals surface area contributed by atoms with Crippen LogP contribution in [0.2, 0.25) is 0 Å². The molecule has 3 aromatic heterocycles. The van der Waals surface area contributed by atoms with Crippen molar-refractivity contribution in [3.63, 3.8) is 0 Å². The molecule has 184 valence electrons. The summed E-state index contributed by atoms with van der Waals surface area (Å²) in [6, 6.07) is 7.46. The van der Waals surface area contributed by atoms with Gasteiger partial charge in [-0.05, 0) is 44.5 Å². The SMILES string of the molecule is CC(C)S(=O)(=O)NCCCn1c(Sc2cc3c(cc2-c2ccco2)OCO3)nc2c(N)ncnc21. The van der Waals surface area contributed by atoms with Crippen molar-refractivity contribution in [3.05, 3.63) is 36.9 Å². The van der Waals surface area contributed by atoms with Gasteiger partial charge in [0.2, 0.25) is 16.8 Å². The van der Waals surface area contributed by atoms with Crippen LogP contribution in [-0.4, -0.2) is 46.5 Å². The molecule has 35 heavy (non-hydrogen) atoms. The molecule has 0 saturated heterocycles. The highest BCUT2D eigenvalue weighted by atomic mass is 32.2. The maximum atomic E-state index is 12.1. The van der Waals surface area contributed by atoms with E-state index in [0.29, 0.717) is 46.5 Å². The smallest absolute Gasteiger partial charge is 0.231 e. The number of nitrogen functional groups attached to an aromatic ring is 1. The largest absolute Gasteiger partial charge is 0.464 e. The molecule has 0 saturated carbocycles. The van der Waals surface area contributed by atoms with E-state index in [0.717, 1.165) is 10.5 Å². The Kier molecular flexibility index (Phi) is 6.30. The summed E-state index contributed by atoms with van der Waals surface area (Å²) < 4.78 is 45.5. The summed E-state index contributed by atoms with van der Waals surface area (Å²) in [6.45, 7) is 4.19. The zero-order chi connectivity index (χ0) is 24.6. The van der Waals surface area contributed by atoms with Gasteiger partial charge in [0, 0.05) is 23.5 Å². The van der Waals surface area contributed by atoms with Crippen molar-refractivity contribution in [2.24, 2.45) is 0 Å². The molecule has 4 aromatic rings. The molecule has 1 aliphatic heterocycles. The van der Waals surface area contributed by atoms with E-state index in [2.05, 4.69) is 14.7 Å². The minimum atomic E-state index is -3.35. The molecule has 0 unspecified atom stereocenters. The quantitative estimate of drug-likeness (QED) is 0.318. The Hall–Kier alpha value is -3.29. The van der Waals surface area contributed by atoms with Crippen LogP contribution in [0.15, 0.2) is 51.3 Å². The Morgan fingerprint density at radius 3 is 2.77 bits per heavy atom. The minimum absolute atomic E-state index is 0.151. The first-order chi connectivity index (χ1) is 16.8. The highest BCUT2D eigenvalue weighted by Gasteiger charge is 2.23. The molecular weight excluding hydrogens is 492 g/mol. The van der Waals surface area contributed by atoms with Gasteiger partial charge in [0.05, 0.1) is 11.5 Å². The molecule has 0 spiro atoms. The first-order valence-corrected chi connectivity index (χ1v) is 13.3. The second-order valence-electron chi connectivity index (χ2n) is 8.10. The first kappa shape index (κ1) is 23.5. The number of furan rings is 1. The number of anilines is 1. The van der Waals surface area contributed by atoms with Crippen molar-refractivity contribution in [1.82, 2.24) is 24.2 Å². The Balaban J connectivity index is 1.49. The summed E-state index contributed by atoms with van der Waals surface area (Å²) in [7, 11) is -3.35. The van der Waals surface area contributed by atoms with Crippen LogP contribution >= 0.6 is 11.8 Å². The second-order valence-corrected chi connectivity index (χ2v) is 11.4. The fraction of sp³-hybridized carbons (Fsp3) is 0.318. The van der Waals surface area contributed by atoms with Crippen molar-refractivity contribution in [2.45, 2.75) is 42.1 Å². The fourth-order valence-corrected chi connectivity index (χ4v) is 5.38. The number of ether oxygens (including phenoxy) is 2. The Labute approximate surface area is 206 Å². The lowest BCUT2D eigenvalue weighted by molar-refractivity contribution is 0.174. The number of sulfonamides is 1. The number of fused-ring (bicyclic) bond motifs is 2. The molecule has 3 N–H and O–H groups in total. The topological polar surface area (TPSA) is 147 Å². The minimum Gasteiger partial charge on any atom is -0.464 e. The number of nitrogens with one attached hydrogen (secondary N) is 1. The third-order valence-corrected chi connectivity index (χ3v) is 8.37. The van der Waals surface area contributed by atoms with Gasteiger partial charge in [-0.2, -0.15) is 0 Å². The number of benzene rings is 1. The second kappa shape index (κ2) is 9.40. The van der Waals surface area contributed by atoms with Gasteiger partial charge < -0.3 is 24.2 Å². The molecule has 0 fully saturated rings. The molecule has 13 heteroatoms. The van der Waals surface area contributed by atoms with Gasteiger partial charge in [-0.15, -0.1) is 0 Å². The van der Waals surface area contributed by atoms with E-state index in [1.54, 1.807) is 20.1 Å². The molecule has 0 radical (unpaired) electrons. The number of rotatable bonds is 9. The zero-order valence-corrected chi connectivity index (χ0v) is 20.7. The van der Waals surface area contributed by atoms with E-state index in [9.17, 15) is 8.42 Å². The zero-order valence-electron chi connectivity index (χ0n) is 19.1. The Morgan fingerprint density at radius 1 is 1.23 bits per heavy atom. The van der Waals surface area contributed by atoms with Crippen LogP contribution < -0.4 is 19.9 Å². The third kappa shape index (κ3) is 4.66. The number of nitrogens with two attached hydrogens (primary N) is 1. The Bertz CT molecular complexity index is 1470. The molecule has 1 aromatic carbocycles. The van der Waals surface area contributed by atoms with Gasteiger partial charge in [-0.25, -0.2) is 28.1 Å². The van der Waals surface area contributed by atoms with Crippen LogP contribution in [0.4, 0.5) is 5.82 Å². The normalized spacial score (nSPS) is 13.2. The molecule has 0 aliphatic carbocycles. The van der Waals surface area contributed by atoms with Gasteiger partial charge >= 0.3 is 0 Å². The lowest BCUT2D eigenvalue weighted by Crippen LogP contribution is -2.31. The Morgan fingerprint density at radius 2 is 2.03 bits per heavy atom. The van der Waals surface area contributed by atoms with Crippen LogP contribution in [0.25, 0.3) is 22.5 Å². The predicted molar refractivity (Wildman–Crippen MR) is 131 cm³/mol. The molecule has 0 amide bonds. The average Bonchev–Trinajstić information content (AvgIpc) is 3.57. The third-order valence-electron chi connectivity index (χ3n) is 5.47. The summed E-state index contributed by atoms with van der Waals surface area (Å²) in [5.41, 5.74) is 7.96. The van der Waals surface area contributed by atoms with E-state index in [1.165, 1.54) is 18.1 Å². The number of nitrogens with zero attached hydrogens (tertiary/aromatic N) is 4. The lowest BCUT2D eigenvalue weighted by atomic mass is 10.1. The molecule has 5 rings (SSSR count).